The first-order valence-electron chi connectivity index (χ1n) is 11.4. The van der Waals surface area contributed by atoms with Crippen LogP contribution in [0.5, 0.6) is 0 Å². The Bertz CT molecular complexity index is 1080. The Morgan fingerprint density at radius 3 is 2.27 bits per heavy atom. The van der Waals surface area contributed by atoms with E-state index in [1.54, 1.807) is 0 Å². The number of carbonyl (C=O) groups excluding carboxylic acids is 1. The number of halogens is 2. The van der Waals surface area contributed by atoms with Gasteiger partial charge in [-0.3, -0.25) is 9.69 Å². The lowest BCUT2D eigenvalue weighted by molar-refractivity contribution is -0.126. The van der Waals surface area contributed by atoms with Crippen LogP contribution in [0.2, 0.25) is 5.02 Å². The van der Waals surface area contributed by atoms with Crippen LogP contribution in [0.3, 0.4) is 0 Å². The van der Waals surface area contributed by atoms with E-state index in [1.807, 2.05) is 0 Å². The van der Waals surface area contributed by atoms with Gasteiger partial charge in [0.25, 0.3) is 0 Å². The predicted octanol–water partition coefficient (Wildman–Crippen LogP) is 3.79. The second-order valence-corrected chi connectivity index (χ2v) is 11.1. The van der Waals surface area contributed by atoms with Crippen LogP contribution in [0, 0.1) is 11.7 Å². The Morgan fingerprint density at radius 2 is 1.64 bits per heavy atom. The van der Waals surface area contributed by atoms with E-state index < -0.39 is 15.8 Å². The lowest BCUT2D eigenvalue weighted by atomic mass is 9.97. The molecule has 0 bridgehead atoms. The Balaban J connectivity index is 1.25. The fourth-order valence-corrected chi connectivity index (χ4v) is 6.18. The number of hydrogen-bond acceptors (Lipinski definition) is 4. The van der Waals surface area contributed by atoms with E-state index in [2.05, 4.69) is 34.5 Å². The third-order valence-electron chi connectivity index (χ3n) is 6.45. The van der Waals surface area contributed by atoms with Crippen LogP contribution in [-0.4, -0.2) is 49.7 Å². The van der Waals surface area contributed by atoms with Crippen LogP contribution in [0.15, 0.2) is 47.4 Å². The zero-order chi connectivity index (χ0) is 23.4. The molecule has 0 saturated carbocycles. The summed E-state index contributed by atoms with van der Waals surface area (Å²) in [5.74, 6) is -0.951. The Labute approximate surface area is 199 Å². The van der Waals surface area contributed by atoms with Crippen molar-refractivity contribution >= 4 is 27.5 Å². The summed E-state index contributed by atoms with van der Waals surface area (Å²) in [7, 11) is -3.77. The summed E-state index contributed by atoms with van der Waals surface area (Å²) in [5, 5.41) is 2.76. The van der Waals surface area contributed by atoms with Crippen LogP contribution < -0.4 is 5.32 Å². The Kier molecular flexibility index (Phi) is 7.69. The summed E-state index contributed by atoms with van der Waals surface area (Å²) in [6, 6.07) is 11.7. The maximum Gasteiger partial charge on any atom is 0.243 e. The molecule has 2 saturated heterocycles. The maximum atomic E-state index is 13.4. The van der Waals surface area contributed by atoms with Gasteiger partial charge in [0.2, 0.25) is 15.9 Å². The van der Waals surface area contributed by atoms with Gasteiger partial charge in [-0.05, 0) is 68.1 Å². The number of piperidine rings is 1. The molecule has 2 heterocycles. The van der Waals surface area contributed by atoms with Gasteiger partial charge in [0.05, 0.1) is 9.92 Å². The first-order chi connectivity index (χ1) is 15.8. The monoisotopic (exact) mass is 493 g/mol. The molecule has 0 aromatic heterocycles. The number of nitrogens with one attached hydrogen (secondary N) is 1. The normalized spacial score (nSPS) is 18.5. The lowest BCUT2D eigenvalue weighted by Crippen LogP contribution is -2.42. The summed E-state index contributed by atoms with van der Waals surface area (Å²) in [6.07, 6.45) is 3.43. The van der Waals surface area contributed by atoms with Crippen molar-refractivity contribution in [2.24, 2.45) is 5.92 Å². The summed E-state index contributed by atoms with van der Waals surface area (Å²) in [4.78, 5) is 15.0. The van der Waals surface area contributed by atoms with Crippen molar-refractivity contribution in [2.75, 3.05) is 26.2 Å². The van der Waals surface area contributed by atoms with Crippen molar-refractivity contribution in [1.82, 2.24) is 14.5 Å². The molecule has 2 aliphatic heterocycles. The van der Waals surface area contributed by atoms with Crippen molar-refractivity contribution in [1.29, 1.82) is 0 Å². The minimum absolute atomic E-state index is 0.0371. The first kappa shape index (κ1) is 24.1. The van der Waals surface area contributed by atoms with Gasteiger partial charge >= 0.3 is 0 Å². The minimum Gasteiger partial charge on any atom is -0.352 e. The second-order valence-electron chi connectivity index (χ2n) is 8.77. The van der Waals surface area contributed by atoms with Crippen molar-refractivity contribution < 1.29 is 17.6 Å². The van der Waals surface area contributed by atoms with Crippen LogP contribution in [0.4, 0.5) is 4.39 Å². The topological polar surface area (TPSA) is 69.7 Å². The lowest BCUT2D eigenvalue weighted by Gasteiger charge is -2.30. The zero-order valence-electron chi connectivity index (χ0n) is 18.5. The molecule has 0 unspecified atom stereocenters. The smallest absolute Gasteiger partial charge is 0.243 e. The molecule has 6 nitrogen and oxygen atoms in total. The summed E-state index contributed by atoms with van der Waals surface area (Å²) >= 11 is 5.74. The standard InChI is InChI=1S/C24H29ClFN3O3S/c25-22-15-21(7-8-23(22)26)33(31,32)29-13-9-20(10-14-29)24(30)27-16-18-3-5-19(6-4-18)17-28-11-1-2-12-28/h3-8,15,20H,1-2,9-14,16-17H2,(H,27,30). The van der Waals surface area contributed by atoms with Gasteiger partial charge < -0.3 is 5.32 Å². The average Bonchev–Trinajstić information content (AvgIpc) is 3.33. The SMILES string of the molecule is O=C(NCc1ccc(CN2CCCC2)cc1)C1CCN(S(=O)(=O)c2ccc(F)c(Cl)c2)CC1. The molecule has 2 fully saturated rings. The minimum atomic E-state index is -3.77. The number of benzene rings is 2. The van der Waals surface area contributed by atoms with Crippen LogP contribution >= 0.6 is 11.6 Å². The van der Waals surface area contributed by atoms with Gasteiger partial charge in [-0.1, -0.05) is 35.9 Å². The third kappa shape index (κ3) is 5.93. The quantitative estimate of drug-likeness (QED) is 0.637. The molecule has 2 aromatic rings. The molecule has 4 rings (SSSR count). The van der Waals surface area contributed by atoms with Gasteiger partial charge in [-0.2, -0.15) is 4.31 Å². The Hall–Kier alpha value is -2.00. The number of carbonyl (C=O) groups is 1. The fraction of sp³-hybridized carbons (Fsp3) is 0.458. The largest absolute Gasteiger partial charge is 0.352 e. The van der Waals surface area contributed by atoms with E-state index in [1.165, 1.54) is 28.8 Å². The van der Waals surface area contributed by atoms with Crippen molar-refractivity contribution in [3.8, 4) is 0 Å². The highest BCUT2D eigenvalue weighted by Crippen LogP contribution is 2.26. The predicted molar refractivity (Wildman–Crippen MR) is 126 cm³/mol. The van der Waals surface area contributed by atoms with Crippen molar-refractivity contribution in [3.63, 3.8) is 0 Å². The van der Waals surface area contributed by atoms with Gasteiger partial charge in [-0.25, -0.2) is 12.8 Å². The van der Waals surface area contributed by atoms with Crippen molar-refractivity contribution in [3.05, 3.63) is 64.4 Å². The van der Waals surface area contributed by atoms with Gasteiger partial charge in [0.1, 0.15) is 5.82 Å². The highest BCUT2D eigenvalue weighted by atomic mass is 35.5. The summed E-state index contributed by atoms with van der Waals surface area (Å²) < 4.78 is 40.3. The first-order valence-corrected chi connectivity index (χ1v) is 13.2. The molecule has 0 radical (unpaired) electrons. The van der Waals surface area contributed by atoms with Gasteiger partial charge in [0.15, 0.2) is 0 Å². The molecule has 9 heteroatoms. The van der Waals surface area contributed by atoms with Gasteiger partial charge in [0, 0.05) is 32.1 Å². The fourth-order valence-electron chi connectivity index (χ4n) is 4.44. The maximum absolute atomic E-state index is 13.4. The molecule has 0 atom stereocenters. The molecule has 0 spiro atoms. The number of amides is 1. The molecular weight excluding hydrogens is 465 g/mol. The van der Waals surface area contributed by atoms with E-state index in [4.69, 9.17) is 11.6 Å². The Morgan fingerprint density at radius 1 is 1.00 bits per heavy atom. The molecule has 33 heavy (non-hydrogen) atoms. The van der Waals surface area contributed by atoms with Crippen LogP contribution in [0.25, 0.3) is 0 Å². The number of sulfonamides is 1. The second kappa shape index (κ2) is 10.5. The third-order valence-corrected chi connectivity index (χ3v) is 8.63. The summed E-state index contributed by atoms with van der Waals surface area (Å²) in [5.41, 5.74) is 2.32. The zero-order valence-corrected chi connectivity index (χ0v) is 20.0. The number of hydrogen-bond donors (Lipinski definition) is 1. The number of rotatable bonds is 7. The summed E-state index contributed by atoms with van der Waals surface area (Å²) in [6.45, 7) is 4.22. The van der Waals surface area contributed by atoms with E-state index in [0.29, 0.717) is 19.4 Å². The molecule has 0 aliphatic carbocycles. The van der Waals surface area contributed by atoms with Crippen LogP contribution in [0.1, 0.15) is 36.8 Å². The highest BCUT2D eigenvalue weighted by Gasteiger charge is 2.32. The highest BCUT2D eigenvalue weighted by molar-refractivity contribution is 7.89. The number of likely N-dealkylation sites (tertiary alicyclic amines) is 1. The molecule has 1 N–H and O–H groups in total. The van der Waals surface area contributed by atoms with E-state index in [-0.39, 0.29) is 34.8 Å². The van der Waals surface area contributed by atoms with Crippen LogP contribution in [-0.2, 0) is 27.9 Å². The van der Waals surface area contributed by atoms with E-state index in [9.17, 15) is 17.6 Å². The number of nitrogens with zero attached hydrogens (tertiary/aromatic N) is 2. The van der Waals surface area contributed by atoms with Crippen molar-refractivity contribution in [2.45, 2.75) is 43.7 Å². The average molecular weight is 494 g/mol. The van der Waals surface area contributed by atoms with Gasteiger partial charge in [-0.15, -0.1) is 0 Å². The molecular formula is C24H29ClFN3O3S. The molecule has 2 aromatic carbocycles. The van der Waals surface area contributed by atoms with E-state index >= 15 is 0 Å². The van der Waals surface area contributed by atoms with E-state index in [0.717, 1.165) is 37.3 Å². The molecule has 2 aliphatic rings. The molecule has 178 valence electrons. The molecule has 1 amide bonds.